The SMILES string of the molecule is COc1cccc(-c2cn(C)nc2C(=O)N2CC(F)(F)CC(C)C2CNc2cnc(C(F)(F)F)cn2)n1. The topological polar surface area (TPSA) is 98.1 Å². The Kier molecular flexibility index (Phi) is 7.02. The third-order valence-electron chi connectivity index (χ3n) is 6.01. The van der Waals surface area contributed by atoms with Gasteiger partial charge in [0.05, 0.1) is 43.3 Å². The number of ether oxygens (including phenoxy) is 1. The summed E-state index contributed by atoms with van der Waals surface area (Å²) >= 11 is 0. The van der Waals surface area contributed by atoms with E-state index in [0.717, 1.165) is 11.1 Å². The van der Waals surface area contributed by atoms with Gasteiger partial charge in [0.25, 0.3) is 11.8 Å². The molecule has 2 atom stereocenters. The number of methoxy groups -OCH3 is 1. The van der Waals surface area contributed by atoms with Crippen molar-refractivity contribution in [1.29, 1.82) is 0 Å². The number of nitrogens with one attached hydrogen (secondary N) is 1. The van der Waals surface area contributed by atoms with E-state index >= 15 is 0 Å². The second kappa shape index (κ2) is 9.90. The van der Waals surface area contributed by atoms with Gasteiger partial charge < -0.3 is 15.0 Å². The van der Waals surface area contributed by atoms with Crippen LogP contribution in [0.1, 0.15) is 29.5 Å². The van der Waals surface area contributed by atoms with Crippen LogP contribution in [0.2, 0.25) is 0 Å². The smallest absolute Gasteiger partial charge is 0.434 e. The van der Waals surface area contributed by atoms with Gasteiger partial charge in [-0.1, -0.05) is 13.0 Å². The van der Waals surface area contributed by atoms with Crippen LogP contribution in [-0.4, -0.2) is 67.7 Å². The van der Waals surface area contributed by atoms with Crippen molar-refractivity contribution in [1.82, 2.24) is 29.6 Å². The maximum atomic E-state index is 14.6. The Hall–Kier alpha value is -3.84. The predicted molar refractivity (Wildman–Crippen MR) is 122 cm³/mol. The van der Waals surface area contributed by atoms with Crippen LogP contribution >= 0.6 is 0 Å². The molecule has 1 fully saturated rings. The van der Waals surface area contributed by atoms with Gasteiger partial charge in [0.1, 0.15) is 5.82 Å². The molecule has 2 unspecified atom stereocenters. The Labute approximate surface area is 208 Å². The average Bonchev–Trinajstić information content (AvgIpc) is 3.23. The first-order valence-corrected chi connectivity index (χ1v) is 11.2. The maximum absolute atomic E-state index is 14.6. The van der Waals surface area contributed by atoms with Crippen molar-refractivity contribution in [3.05, 3.63) is 48.2 Å². The van der Waals surface area contributed by atoms with E-state index in [-0.39, 0.29) is 18.1 Å². The number of anilines is 1. The number of likely N-dealkylation sites (tertiary alicyclic amines) is 1. The van der Waals surface area contributed by atoms with Gasteiger partial charge in [-0.2, -0.15) is 18.3 Å². The fourth-order valence-electron chi connectivity index (χ4n) is 4.30. The molecule has 4 heterocycles. The summed E-state index contributed by atoms with van der Waals surface area (Å²) in [5.74, 6) is -4.19. The molecule has 1 aliphatic rings. The molecular formula is C23H24F5N7O2. The van der Waals surface area contributed by atoms with Crippen LogP contribution in [-0.2, 0) is 13.2 Å². The number of carbonyl (C=O) groups is 1. The first kappa shape index (κ1) is 26.2. The minimum Gasteiger partial charge on any atom is -0.481 e. The minimum atomic E-state index is -4.64. The molecule has 1 N–H and O–H groups in total. The number of carbonyl (C=O) groups excluding carboxylic acids is 1. The lowest BCUT2D eigenvalue weighted by Crippen LogP contribution is -2.57. The Morgan fingerprint density at radius 2 is 2.00 bits per heavy atom. The van der Waals surface area contributed by atoms with Gasteiger partial charge in [-0.3, -0.25) is 9.48 Å². The van der Waals surface area contributed by atoms with Gasteiger partial charge in [-0.15, -0.1) is 0 Å². The van der Waals surface area contributed by atoms with E-state index in [2.05, 4.69) is 25.4 Å². The summed E-state index contributed by atoms with van der Waals surface area (Å²) in [5.41, 5.74) is -0.502. The van der Waals surface area contributed by atoms with Crippen molar-refractivity contribution in [2.75, 3.05) is 25.5 Å². The second-order valence-corrected chi connectivity index (χ2v) is 8.83. The van der Waals surface area contributed by atoms with Gasteiger partial charge in [0.15, 0.2) is 11.4 Å². The van der Waals surface area contributed by atoms with Crippen molar-refractivity contribution < 1.29 is 31.5 Å². The largest absolute Gasteiger partial charge is 0.481 e. The monoisotopic (exact) mass is 525 g/mol. The number of hydrogen-bond donors (Lipinski definition) is 1. The minimum absolute atomic E-state index is 0.0176. The molecule has 0 bridgehead atoms. The molecule has 14 heteroatoms. The highest BCUT2D eigenvalue weighted by atomic mass is 19.4. The molecule has 37 heavy (non-hydrogen) atoms. The van der Waals surface area contributed by atoms with Crippen LogP contribution < -0.4 is 10.1 Å². The summed E-state index contributed by atoms with van der Waals surface area (Å²) in [7, 11) is 3.04. The Bertz CT molecular complexity index is 1260. The van der Waals surface area contributed by atoms with Crippen molar-refractivity contribution in [2.45, 2.75) is 31.5 Å². The molecule has 1 aliphatic heterocycles. The number of rotatable bonds is 6. The third-order valence-corrected chi connectivity index (χ3v) is 6.01. The fraction of sp³-hybridized carbons (Fsp3) is 0.435. The van der Waals surface area contributed by atoms with E-state index < -0.39 is 48.6 Å². The van der Waals surface area contributed by atoms with Crippen molar-refractivity contribution in [2.24, 2.45) is 13.0 Å². The zero-order valence-corrected chi connectivity index (χ0v) is 20.1. The van der Waals surface area contributed by atoms with Crippen molar-refractivity contribution in [3.63, 3.8) is 0 Å². The normalized spacial score (nSPS) is 19.5. The lowest BCUT2D eigenvalue weighted by atomic mass is 9.88. The Morgan fingerprint density at radius 1 is 1.24 bits per heavy atom. The Morgan fingerprint density at radius 3 is 2.65 bits per heavy atom. The summed E-state index contributed by atoms with van der Waals surface area (Å²) in [4.78, 5) is 26.1. The molecule has 198 valence electrons. The molecule has 0 aromatic carbocycles. The molecule has 0 aliphatic carbocycles. The van der Waals surface area contributed by atoms with Crippen LogP contribution in [0.3, 0.4) is 0 Å². The number of amides is 1. The summed E-state index contributed by atoms with van der Waals surface area (Å²) in [6, 6.07) is 4.22. The van der Waals surface area contributed by atoms with Crippen molar-refractivity contribution in [3.8, 4) is 17.1 Å². The molecule has 4 rings (SSSR count). The predicted octanol–water partition coefficient (Wildman–Crippen LogP) is 3.90. The number of piperidine rings is 1. The van der Waals surface area contributed by atoms with E-state index in [1.807, 2.05) is 0 Å². The molecule has 0 radical (unpaired) electrons. The maximum Gasteiger partial charge on any atom is 0.434 e. The molecule has 3 aromatic rings. The standard InChI is InChI=1S/C23H24F5N7O2/c1-13-7-22(24,25)12-35(16(13)8-30-18-10-29-17(9-31-18)23(26,27)28)21(36)20-14(11-34(2)33-20)15-5-4-6-19(32-15)37-3/h4-6,9-11,13,16H,7-8,12H2,1-3H3,(H,30,31). The van der Waals surface area contributed by atoms with Gasteiger partial charge in [0, 0.05) is 32.3 Å². The number of pyridine rings is 1. The van der Waals surface area contributed by atoms with Crippen LogP contribution in [0.25, 0.3) is 11.3 Å². The highest BCUT2D eigenvalue weighted by Crippen LogP contribution is 2.36. The number of alkyl halides is 5. The quantitative estimate of drug-likeness (QED) is 0.488. The first-order valence-electron chi connectivity index (χ1n) is 11.2. The van der Waals surface area contributed by atoms with E-state index in [1.165, 1.54) is 11.8 Å². The van der Waals surface area contributed by atoms with Gasteiger partial charge in [-0.05, 0) is 12.0 Å². The number of aryl methyl sites for hydroxylation is 1. The molecule has 1 amide bonds. The summed E-state index contributed by atoms with van der Waals surface area (Å²) in [5, 5.41) is 7.05. The number of aromatic nitrogens is 5. The third kappa shape index (κ3) is 5.78. The van der Waals surface area contributed by atoms with Gasteiger partial charge >= 0.3 is 6.18 Å². The van der Waals surface area contributed by atoms with E-state index in [0.29, 0.717) is 23.3 Å². The molecular weight excluding hydrogens is 501 g/mol. The second-order valence-electron chi connectivity index (χ2n) is 8.83. The highest BCUT2D eigenvalue weighted by molar-refractivity contribution is 5.99. The molecule has 9 nitrogen and oxygen atoms in total. The van der Waals surface area contributed by atoms with E-state index in [9.17, 15) is 26.7 Å². The first-order chi connectivity index (χ1) is 17.4. The summed E-state index contributed by atoms with van der Waals surface area (Å²) in [6.07, 6.45) is -2.07. The lowest BCUT2D eigenvalue weighted by Gasteiger charge is -2.43. The number of nitrogens with zero attached hydrogens (tertiary/aromatic N) is 6. The van der Waals surface area contributed by atoms with E-state index in [1.54, 1.807) is 38.4 Å². The zero-order chi connectivity index (χ0) is 27.0. The van der Waals surface area contributed by atoms with Crippen LogP contribution in [0, 0.1) is 5.92 Å². The summed E-state index contributed by atoms with van der Waals surface area (Å²) < 4.78 is 74.0. The molecule has 0 saturated carbocycles. The van der Waals surface area contributed by atoms with Gasteiger partial charge in [-0.25, -0.2) is 23.7 Å². The fourth-order valence-corrected chi connectivity index (χ4v) is 4.30. The van der Waals surface area contributed by atoms with E-state index in [4.69, 9.17) is 4.74 Å². The number of halogens is 5. The molecule has 1 saturated heterocycles. The zero-order valence-electron chi connectivity index (χ0n) is 20.1. The average molecular weight is 525 g/mol. The molecule has 0 spiro atoms. The number of hydrogen-bond acceptors (Lipinski definition) is 7. The van der Waals surface area contributed by atoms with Crippen molar-refractivity contribution >= 4 is 11.7 Å². The van der Waals surface area contributed by atoms with Crippen LogP contribution in [0.5, 0.6) is 5.88 Å². The molecule has 3 aromatic heterocycles. The highest BCUT2D eigenvalue weighted by Gasteiger charge is 2.47. The van der Waals surface area contributed by atoms with Crippen LogP contribution in [0.4, 0.5) is 27.8 Å². The lowest BCUT2D eigenvalue weighted by molar-refractivity contribution is -0.141. The van der Waals surface area contributed by atoms with Crippen LogP contribution in [0.15, 0.2) is 36.8 Å². The summed E-state index contributed by atoms with van der Waals surface area (Å²) in [6.45, 7) is 0.701. The van der Waals surface area contributed by atoms with Gasteiger partial charge in [0.2, 0.25) is 5.88 Å². The Balaban J connectivity index is 1.62.